The second-order valence-electron chi connectivity index (χ2n) is 6.16. The van der Waals surface area contributed by atoms with E-state index in [1.807, 2.05) is 0 Å². The average Bonchev–Trinajstić information content (AvgIpc) is 2.28. The smallest absolute Gasteiger partial charge is 0.0641 e. The fraction of sp³-hybridized carbons (Fsp3) is 0.733. The van der Waals surface area contributed by atoms with Crippen molar-refractivity contribution in [3.63, 3.8) is 0 Å². The summed E-state index contributed by atoms with van der Waals surface area (Å²) < 4.78 is 0. The van der Waals surface area contributed by atoms with E-state index in [2.05, 4.69) is 26.5 Å². The van der Waals surface area contributed by atoms with Gasteiger partial charge in [-0.25, -0.2) is 0 Å². The second-order valence-corrected chi connectivity index (χ2v) is 6.16. The Morgan fingerprint density at radius 1 is 1.44 bits per heavy atom. The Kier molecular flexibility index (Phi) is 3.25. The maximum absolute atomic E-state index is 9.28. The normalized spacial score (nSPS) is 37.2. The highest BCUT2D eigenvalue weighted by Gasteiger charge is 2.47. The summed E-state index contributed by atoms with van der Waals surface area (Å²) in [6, 6.07) is 0. The van der Waals surface area contributed by atoms with Crippen molar-refractivity contribution in [2.24, 2.45) is 17.3 Å². The van der Waals surface area contributed by atoms with Crippen molar-refractivity contribution in [3.8, 4) is 0 Å². The minimum atomic E-state index is 0.240. The lowest BCUT2D eigenvalue weighted by Crippen LogP contribution is -2.44. The molecule has 1 nitrogen and oxygen atoms in total. The Morgan fingerprint density at radius 2 is 2.19 bits per heavy atom. The number of aliphatic hydroxyl groups excluding tert-OH is 1. The van der Waals surface area contributed by atoms with E-state index in [9.17, 15) is 5.11 Å². The van der Waals surface area contributed by atoms with Crippen molar-refractivity contribution in [1.82, 2.24) is 0 Å². The van der Waals surface area contributed by atoms with Crippen molar-refractivity contribution in [2.75, 3.05) is 6.61 Å². The summed E-state index contributed by atoms with van der Waals surface area (Å²) >= 11 is 0. The summed E-state index contributed by atoms with van der Waals surface area (Å²) in [7, 11) is 0. The molecule has 1 saturated carbocycles. The molecule has 0 radical (unpaired) electrons. The third-order valence-electron chi connectivity index (χ3n) is 4.64. The van der Waals surface area contributed by atoms with Crippen LogP contribution in [0.2, 0.25) is 0 Å². The number of hydrogen-bond donors (Lipinski definition) is 1. The fourth-order valence-corrected chi connectivity index (χ4v) is 3.50. The number of aliphatic hydroxyl groups is 1. The van der Waals surface area contributed by atoms with E-state index < -0.39 is 0 Å². The van der Waals surface area contributed by atoms with Crippen LogP contribution in [-0.2, 0) is 0 Å². The molecule has 0 aromatic rings. The van der Waals surface area contributed by atoms with Crippen LogP contribution in [0, 0.1) is 17.3 Å². The lowest BCUT2D eigenvalue weighted by atomic mass is 9.52. The second kappa shape index (κ2) is 4.37. The molecule has 2 aliphatic carbocycles. The highest BCUT2D eigenvalue weighted by molar-refractivity contribution is 5.16. The van der Waals surface area contributed by atoms with Crippen LogP contribution in [0.15, 0.2) is 23.8 Å². The van der Waals surface area contributed by atoms with Crippen LogP contribution >= 0.6 is 0 Å². The molecule has 2 rings (SSSR count). The SMILES string of the molecule is C=C1CC/C=C(/CO)CC[C@@H]2[C@@H]1CC2(C)C. The number of allylic oxidation sites excluding steroid dienone is 2. The van der Waals surface area contributed by atoms with Crippen molar-refractivity contribution in [3.05, 3.63) is 23.8 Å². The van der Waals surface area contributed by atoms with Gasteiger partial charge in [0, 0.05) is 0 Å². The molecule has 0 spiro atoms. The Labute approximate surface area is 99.3 Å². The van der Waals surface area contributed by atoms with Crippen LogP contribution in [0.3, 0.4) is 0 Å². The molecule has 2 atom stereocenters. The van der Waals surface area contributed by atoms with Crippen LogP contribution in [-0.4, -0.2) is 11.7 Å². The molecule has 0 amide bonds. The third-order valence-corrected chi connectivity index (χ3v) is 4.64. The number of rotatable bonds is 1. The maximum atomic E-state index is 9.28. The maximum Gasteiger partial charge on any atom is 0.0641 e. The molecule has 0 aromatic carbocycles. The molecule has 2 aliphatic rings. The zero-order chi connectivity index (χ0) is 11.8. The summed E-state index contributed by atoms with van der Waals surface area (Å²) in [6.45, 7) is 9.26. The van der Waals surface area contributed by atoms with Gasteiger partial charge in [0.25, 0.3) is 0 Å². The van der Waals surface area contributed by atoms with Gasteiger partial charge in [0.15, 0.2) is 0 Å². The highest BCUT2D eigenvalue weighted by Crippen LogP contribution is 2.56. The molecule has 0 aromatic heterocycles. The Balaban J connectivity index is 2.11. The van der Waals surface area contributed by atoms with E-state index in [1.165, 1.54) is 24.0 Å². The quantitative estimate of drug-likeness (QED) is 0.668. The highest BCUT2D eigenvalue weighted by atomic mass is 16.3. The molecule has 1 N–H and O–H groups in total. The summed E-state index contributed by atoms with van der Waals surface area (Å²) in [5, 5.41) is 9.28. The van der Waals surface area contributed by atoms with Crippen LogP contribution in [0.5, 0.6) is 0 Å². The lowest BCUT2D eigenvalue weighted by Gasteiger charge is -2.53. The first-order chi connectivity index (χ1) is 7.54. The monoisotopic (exact) mass is 220 g/mol. The van der Waals surface area contributed by atoms with E-state index in [4.69, 9.17) is 0 Å². The van der Waals surface area contributed by atoms with E-state index in [0.29, 0.717) is 5.41 Å². The van der Waals surface area contributed by atoms with Gasteiger partial charge in [0.1, 0.15) is 0 Å². The molecule has 0 bridgehead atoms. The largest absolute Gasteiger partial charge is 0.392 e. The summed E-state index contributed by atoms with van der Waals surface area (Å²) in [6.07, 6.45) is 8.02. The first kappa shape index (κ1) is 11.9. The topological polar surface area (TPSA) is 20.2 Å². The van der Waals surface area contributed by atoms with Gasteiger partial charge in [-0.15, -0.1) is 0 Å². The molecule has 0 heterocycles. The Bertz CT molecular complexity index is 311. The first-order valence-corrected chi connectivity index (χ1v) is 6.51. The molecular weight excluding hydrogens is 196 g/mol. The molecule has 16 heavy (non-hydrogen) atoms. The number of hydrogen-bond acceptors (Lipinski definition) is 1. The van der Waals surface area contributed by atoms with Crippen molar-refractivity contribution < 1.29 is 5.11 Å². The van der Waals surface area contributed by atoms with E-state index in [1.54, 1.807) is 0 Å². The first-order valence-electron chi connectivity index (χ1n) is 6.51. The van der Waals surface area contributed by atoms with Gasteiger partial charge in [0.2, 0.25) is 0 Å². The standard InChI is InChI=1S/C15H24O/c1-11-5-4-6-12(10-16)7-8-14-13(11)9-15(14,2)3/h6,13-14,16H,1,4-5,7-10H2,2-3H3/b12-6+/t13-,14-/m1/s1. The van der Waals surface area contributed by atoms with Gasteiger partial charge in [-0.05, 0) is 54.9 Å². The van der Waals surface area contributed by atoms with Gasteiger partial charge < -0.3 is 5.11 Å². The summed E-state index contributed by atoms with van der Waals surface area (Å²) in [5.41, 5.74) is 3.16. The van der Waals surface area contributed by atoms with Crippen molar-refractivity contribution in [1.29, 1.82) is 0 Å². The minimum Gasteiger partial charge on any atom is -0.392 e. The predicted octanol–water partition coefficient (Wildman–Crippen LogP) is 3.70. The van der Waals surface area contributed by atoms with Gasteiger partial charge in [-0.2, -0.15) is 0 Å². The molecule has 0 saturated heterocycles. The third kappa shape index (κ3) is 2.10. The van der Waals surface area contributed by atoms with Crippen LogP contribution in [0.25, 0.3) is 0 Å². The Hall–Kier alpha value is -0.560. The van der Waals surface area contributed by atoms with Crippen LogP contribution < -0.4 is 0 Å². The van der Waals surface area contributed by atoms with Gasteiger partial charge >= 0.3 is 0 Å². The van der Waals surface area contributed by atoms with Crippen LogP contribution in [0.1, 0.15) is 46.0 Å². The Morgan fingerprint density at radius 3 is 2.81 bits per heavy atom. The van der Waals surface area contributed by atoms with Crippen LogP contribution in [0.4, 0.5) is 0 Å². The average molecular weight is 220 g/mol. The lowest BCUT2D eigenvalue weighted by molar-refractivity contribution is 0.00350. The summed E-state index contributed by atoms with van der Waals surface area (Å²) in [5.74, 6) is 1.54. The fourth-order valence-electron chi connectivity index (χ4n) is 3.50. The van der Waals surface area contributed by atoms with Gasteiger partial charge in [-0.3, -0.25) is 0 Å². The molecule has 1 heteroatoms. The minimum absolute atomic E-state index is 0.240. The van der Waals surface area contributed by atoms with E-state index in [0.717, 1.165) is 31.1 Å². The zero-order valence-electron chi connectivity index (χ0n) is 10.6. The van der Waals surface area contributed by atoms with Crippen molar-refractivity contribution in [2.45, 2.75) is 46.0 Å². The molecular formula is C15H24O. The summed E-state index contributed by atoms with van der Waals surface area (Å²) in [4.78, 5) is 0. The predicted molar refractivity (Wildman–Crippen MR) is 68.2 cm³/mol. The molecule has 1 fully saturated rings. The van der Waals surface area contributed by atoms with Gasteiger partial charge in [0.05, 0.1) is 6.61 Å². The molecule has 0 aliphatic heterocycles. The van der Waals surface area contributed by atoms with E-state index >= 15 is 0 Å². The molecule has 90 valence electrons. The van der Waals surface area contributed by atoms with Gasteiger partial charge in [-0.1, -0.05) is 32.1 Å². The molecule has 0 unspecified atom stereocenters. The zero-order valence-corrected chi connectivity index (χ0v) is 10.6. The van der Waals surface area contributed by atoms with Crippen molar-refractivity contribution >= 4 is 0 Å². The number of fused-ring (bicyclic) bond motifs is 1. The van der Waals surface area contributed by atoms with E-state index in [-0.39, 0.29) is 6.61 Å².